The maximum absolute atomic E-state index is 13.3. The first-order chi connectivity index (χ1) is 16.1. The van der Waals surface area contributed by atoms with E-state index in [2.05, 4.69) is 41.5 Å². The van der Waals surface area contributed by atoms with Gasteiger partial charge in [-0.25, -0.2) is 9.97 Å². The molecule has 0 aliphatic carbocycles. The minimum Gasteiger partial charge on any atom is -0.298 e. The molecule has 3 aromatic carbocycles. The molecular formula is C27H20ClN3OS. The third-order valence-electron chi connectivity index (χ3n) is 5.48. The Bertz CT molecular complexity index is 1440. The van der Waals surface area contributed by atoms with Gasteiger partial charge in [0.2, 0.25) is 0 Å². The van der Waals surface area contributed by atoms with Gasteiger partial charge in [0, 0.05) is 26.9 Å². The molecule has 0 aliphatic heterocycles. The fourth-order valence-corrected chi connectivity index (χ4v) is 4.51. The number of benzene rings is 3. The Kier molecular flexibility index (Phi) is 5.90. The molecule has 0 fully saturated rings. The Morgan fingerprint density at radius 1 is 0.909 bits per heavy atom. The van der Waals surface area contributed by atoms with Crippen molar-refractivity contribution in [3.8, 4) is 22.5 Å². The van der Waals surface area contributed by atoms with E-state index in [9.17, 15) is 4.79 Å². The van der Waals surface area contributed by atoms with E-state index >= 15 is 0 Å². The van der Waals surface area contributed by atoms with Gasteiger partial charge in [-0.15, -0.1) is 11.3 Å². The van der Waals surface area contributed by atoms with Crippen molar-refractivity contribution in [2.45, 2.75) is 13.3 Å². The first-order valence-electron chi connectivity index (χ1n) is 10.6. The summed E-state index contributed by atoms with van der Waals surface area (Å²) in [5.74, 6) is -0.217. The van der Waals surface area contributed by atoms with Crippen LogP contribution in [0.25, 0.3) is 33.4 Å². The lowest BCUT2D eigenvalue weighted by atomic mass is 10.0. The molecule has 0 atom stereocenters. The number of halogens is 1. The molecule has 162 valence electrons. The number of anilines is 1. The normalized spacial score (nSPS) is 11.0. The van der Waals surface area contributed by atoms with E-state index in [-0.39, 0.29) is 5.91 Å². The smallest absolute Gasteiger partial charge is 0.258 e. The van der Waals surface area contributed by atoms with Crippen LogP contribution in [0.3, 0.4) is 0 Å². The van der Waals surface area contributed by atoms with Crippen LogP contribution in [0.1, 0.15) is 22.8 Å². The zero-order valence-corrected chi connectivity index (χ0v) is 19.5. The summed E-state index contributed by atoms with van der Waals surface area (Å²) in [4.78, 5) is 22.7. The lowest BCUT2D eigenvalue weighted by Gasteiger charge is -2.10. The molecule has 6 heteroatoms. The molecule has 0 spiro atoms. The van der Waals surface area contributed by atoms with Crippen LogP contribution in [0.5, 0.6) is 0 Å². The third kappa shape index (κ3) is 4.51. The number of rotatable bonds is 5. The van der Waals surface area contributed by atoms with Crippen LogP contribution in [-0.4, -0.2) is 15.9 Å². The number of hydrogen-bond donors (Lipinski definition) is 1. The summed E-state index contributed by atoms with van der Waals surface area (Å²) in [5, 5.41) is 6.93. The number of fused-ring (bicyclic) bond motifs is 1. The van der Waals surface area contributed by atoms with Crippen molar-refractivity contribution >= 4 is 44.9 Å². The predicted molar refractivity (Wildman–Crippen MR) is 137 cm³/mol. The van der Waals surface area contributed by atoms with Gasteiger partial charge in [0.15, 0.2) is 5.13 Å². The largest absolute Gasteiger partial charge is 0.298 e. The Morgan fingerprint density at radius 3 is 2.36 bits per heavy atom. The summed E-state index contributed by atoms with van der Waals surface area (Å²) < 4.78 is 0. The second kappa shape index (κ2) is 9.14. The number of aromatic nitrogens is 2. The van der Waals surface area contributed by atoms with Gasteiger partial charge in [-0.05, 0) is 36.2 Å². The van der Waals surface area contributed by atoms with Crippen molar-refractivity contribution in [2.24, 2.45) is 0 Å². The number of carbonyl (C=O) groups excluding carboxylic acids is 1. The standard InChI is InChI=1S/C27H20ClN3OS/c1-2-17-7-9-19(10-8-17)25-16-33-27(30-25)31-26(32)22-15-24(18-11-13-20(28)14-12-18)29-23-6-4-3-5-21(22)23/h3-16H,2H2,1H3,(H,30,31,32). The Morgan fingerprint density at radius 2 is 1.61 bits per heavy atom. The van der Waals surface area contributed by atoms with Gasteiger partial charge in [0.25, 0.3) is 5.91 Å². The molecular weight excluding hydrogens is 450 g/mol. The van der Waals surface area contributed by atoms with Crippen LogP contribution < -0.4 is 5.32 Å². The number of para-hydroxylation sites is 1. The van der Waals surface area contributed by atoms with Gasteiger partial charge in [0.1, 0.15) is 0 Å². The van der Waals surface area contributed by atoms with E-state index in [0.29, 0.717) is 21.4 Å². The number of aryl methyl sites for hydroxylation is 1. The molecule has 1 amide bonds. The first kappa shape index (κ1) is 21.3. The van der Waals surface area contributed by atoms with E-state index < -0.39 is 0 Å². The molecule has 5 rings (SSSR count). The first-order valence-corrected chi connectivity index (χ1v) is 11.9. The van der Waals surface area contributed by atoms with E-state index in [0.717, 1.165) is 34.1 Å². The van der Waals surface area contributed by atoms with Crippen molar-refractivity contribution < 1.29 is 4.79 Å². The fraction of sp³-hybridized carbons (Fsp3) is 0.0741. The minimum absolute atomic E-state index is 0.217. The Labute approximate surface area is 200 Å². The summed E-state index contributed by atoms with van der Waals surface area (Å²) >= 11 is 7.45. The molecule has 2 heterocycles. The van der Waals surface area contributed by atoms with E-state index in [1.807, 2.05) is 60.0 Å². The molecule has 0 unspecified atom stereocenters. The summed E-state index contributed by atoms with van der Waals surface area (Å²) in [5.41, 5.74) is 6.07. The minimum atomic E-state index is -0.217. The average Bonchev–Trinajstić information content (AvgIpc) is 3.32. The molecule has 0 saturated heterocycles. The second-order valence-corrected chi connectivity index (χ2v) is 8.92. The number of thiazole rings is 1. The molecule has 0 bridgehead atoms. The van der Waals surface area contributed by atoms with Gasteiger partial charge < -0.3 is 0 Å². The van der Waals surface area contributed by atoms with Crippen molar-refractivity contribution in [2.75, 3.05) is 5.32 Å². The highest BCUT2D eigenvalue weighted by Crippen LogP contribution is 2.29. The SMILES string of the molecule is CCc1ccc(-c2csc(NC(=O)c3cc(-c4ccc(Cl)cc4)nc4ccccc34)n2)cc1. The van der Waals surface area contributed by atoms with E-state index in [1.54, 1.807) is 0 Å². The Hall–Kier alpha value is -3.54. The van der Waals surface area contributed by atoms with Crippen LogP contribution >= 0.6 is 22.9 Å². The molecule has 5 aromatic rings. The average molecular weight is 470 g/mol. The number of hydrogen-bond acceptors (Lipinski definition) is 4. The van der Waals surface area contributed by atoms with Gasteiger partial charge in [0.05, 0.1) is 22.5 Å². The predicted octanol–water partition coefficient (Wildman–Crippen LogP) is 7.49. The molecule has 1 N–H and O–H groups in total. The van der Waals surface area contributed by atoms with Crippen molar-refractivity contribution in [1.82, 2.24) is 9.97 Å². The van der Waals surface area contributed by atoms with E-state index in [4.69, 9.17) is 16.6 Å². The summed E-state index contributed by atoms with van der Waals surface area (Å²) in [7, 11) is 0. The lowest BCUT2D eigenvalue weighted by molar-refractivity contribution is 0.102. The highest BCUT2D eigenvalue weighted by atomic mass is 35.5. The zero-order chi connectivity index (χ0) is 22.8. The Balaban J connectivity index is 1.47. The van der Waals surface area contributed by atoms with Crippen LogP contribution in [0.15, 0.2) is 84.2 Å². The topological polar surface area (TPSA) is 54.9 Å². The molecule has 2 aromatic heterocycles. The molecule has 33 heavy (non-hydrogen) atoms. The monoisotopic (exact) mass is 469 g/mol. The third-order valence-corrected chi connectivity index (χ3v) is 6.49. The second-order valence-electron chi connectivity index (χ2n) is 7.62. The number of nitrogens with one attached hydrogen (secondary N) is 1. The highest BCUT2D eigenvalue weighted by molar-refractivity contribution is 7.14. The summed E-state index contributed by atoms with van der Waals surface area (Å²) in [6.07, 6.45) is 0.997. The summed E-state index contributed by atoms with van der Waals surface area (Å²) in [6.45, 7) is 2.13. The number of amides is 1. The van der Waals surface area contributed by atoms with Crippen LogP contribution in [0, 0.1) is 0 Å². The zero-order valence-electron chi connectivity index (χ0n) is 17.9. The molecule has 4 nitrogen and oxygen atoms in total. The van der Waals surface area contributed by atoms with Gasteiger partial charge in [-0.3, -0.25) is 10.1 Å². The molecule has 0 saturated carbocycles. The molecule has 0 aliphatic rings. The fourth-order valence-electron chi connectivity index (χ4n) is 3.67. The number of pyridine rings is 1. The number of carbonyl (C=O) groups is 1. The maximum Gasteiger partial charge on any atom is 0.258 e. The molecule has 0 radical (unpaired) electrons. The van der Waals surface area contributed by atoms with Crippen molar-refractivity contribution in [3.05, 3.63) is 100 Å². The lowest BCUT2D eigenvalue weighted by Crippen LogP contribution is -2.13. The number of nitrogens with zero attached hydrogens (tertiary/aromatic N) is 2. The van der Waals surface area contributed by atoms with Gasteiger partial charge in [-0.1, -0.05) is 73.1 Å². The maximum atomic E-state index is 13.3. The van der Waals surface area contributed by atoms with Crippen molar-refractivity contribution in [3.63, 3.8) is 0 Å². The van der Waals surface area contributed by atoms with Crippen LogP contribution in [0.4, 0.5) is 5.13 Å². The van der Waals surface area contributed by atoms with Crippen molar-refractivity contribution in [1.29, 1.82) is 0 Å². The van der Waals surface area contributed by atoms with Gasteiger partial charge in [-0.2, -0.15) is 0 Å². The van der Waals surface area contributed by atoms with Gasteiger partial charge >= 0.3 is 0 Å². The van der Waals surface area contributed by atoms with Crippen LogP contribution in [0.2, 0.25) is 5.02 Å². The quantitative estimate of drug-likeness (QED) is 0.290. The highest BCUT2D eigenvalue weighted by Gasteiger charge is 2.16. The van der Waals surface area contributed by atoms with Crippen LogP contribution in [-0.2, 0) is 6.42 Å². The summed E-state index contributed by atoms with van der Waals surface area (Å²) in [6, 6.07) is 25.2. The van der Waals surface area contributed by atoms with E-state index in [1.165, 1.54) is 16.9 Å².